The van der Waals surface area contributed by atoms with Crippen LogP contribution in [0.5, 0.6) is 5.75 Å². The molecule has 0 N–H and O–H groups in total. The minimum Gasteiger partial charge on any atom is -0.497 e. The molecule has 106 valence electrons. The van der Waals surface area contributed by atoms with E-state index in [1.807, 2.05) is 0 Å². The van der Waals surface area contributed by atoms with Gasteiger partial charge in [-0.2, -0.15) is 4.31 Å². The minimum absolute atomic E-state index is 0.297. The average Bonchev–Trinajstić information content (AvgIpc) is 2.94. The van der Waals surface area contributed by atoms with Crippen LogP contribution in [0.2, 0.25) is 0 Å². The SMILES string of the molecule is COc1ccc(S(=O)(=O)N2CCc3ncsc3C2)cc1. The molecule has 1 aliphatic heterocycles. The first kappa shape index (κ1) is 13.5. The summed E-state index contributed by atoms with van der Waals surface area (Å²) < 4.78 is 31.7. The van der Waals surface area contributed by atoms with Crippen LogP contribution in [-0.2, 0) is 23.0 Å². The number of rotatable bonds is 3. The van der Waals surface area contributed by atoms with Crippen molar-refractivity contribution < 1.29 is 13.2 Å². The zero-order valence-electron chi connectivity index (χ0n) is 10.9. The number of benzene rings is 1. The Labute approximate surface area is 121 Å². The Morgan fingerprint density at radius 1 is 1.30 bits per heavy atom. The van der Waals surface area contributed by atoms with Crippen molar-refractivity contribution in [1.82, 2.24) is 9.29 Å². The van der Waals surface area contributed by atoms with E-state index in [1.54, 1.807) is 36.9 Å². The molecule has 0 amide bonds. The van der Waals surface area contributed by atoms with Gasteiger partial charge in [0.15, 0.2) is 0 Å². The van der Waals surface area contributed by atoms with Gasteiger partial charge < -0.3 is 4.74 Å². The van der Waals surface area contributed by atoms with Crippen LogP contribution in [-0.4, -0.2) is 31.4 Å². The minimum atomic E-state index is -3.45. The van der Waals surface area contributed by atoms with Crippen LogP contribution < -0.4 is 4.74 Å². The molecule has 0 saturated carbocycles. The van der Waals surface area contributed by atoms with Gasteiger partial charge in [-0.25, -0.2) is 13.4 Å². The number of methoxy groups -OCH3 is 1. The molecule has 0 unspecified atom stereocenters. The van der Waals surface area contributed by atoms with Gasteiger partial charge >= 0.3 is 0 Å². The Morgan fingerprint density at radius 3 is 2.75 bits per heavy atom. The Bertz CT molecular complexity index is 707. The molecule has 3 rings (SSSR count). The van der Waals surface area contributed by atoms with Gasteiger partial charge in [0.25, 0.3) is 0 Å². The van der Waals surface area contributed by atoms with E-state index < -0.39 is 10.0 Å². The highest BCUT2D eigenvalue weighted by Crippen LogP contribution is 2.27. The van der Waals surface area contributed by atoms with Gasteiger partial charge in [-0.3, -0.25) is 0 Å². The number of fused-ring (bicyclic) bond motifs is 1. The van der Waals surface area contributed by atoms with Gasteiger partial charge in [-0.15, -0.1) is 11.3 Å². The van der Waals surface area contributed by atoms with Crippen molar-refractivity contribution in [2.45, 2.75) is 17.9 Å². The molecule has 1 aromatic heterocycles. The predicted molar refractivity (Wildman–Crippen MR) is 76.4 cm³/mol. The van der Waals surface area contributed by atoms with Gasteiger partial charge in [-0.05, 0) is 24.3 Å². The van der Waals surface area contributed by atoms with E-state index >= 15 is 0 Å². The molecular formula is C13H14N2O3S2. The summed E-state index contributed by atoms with van der Waals surface area (Å²) in [5.74, 6) is 0.646. The lowest BCUT2D eigenvalue weighted by molar-refractivity contribution is 0.392. The number of hydrogen-bond acceptors (Lipinski definition) is 5. The fraction of sp³-hybridized carbons (Fsp3) is 0.308. The third kappa shape index (κ3) is 2.32. The highest BCUT2D eigenvalue weighted by atomic mass is 32.2. The summed E-state index contributed by atoms with van der Waals surface area (Å²) in [4.78, 5) is 5.58. The van der Waals surface area contributed by atoms with Crippen LogP contribution in [0.15, 0.2) is 34.7 Å². The summed E-state index contributed by atoms with van der Waals surface area (Å²) in [6.45, 7) is 0.888. The molecule has 7 heteroatoms. The monoisotopic (exact) mass is 310 g/mol. The summed E-state index contributed by atoms with van der Waals surface area (Å²) in [6, 6.07) is 6.48. The van der Waals surface area contributed by atoms with E-state index in [1.165, 1.54) is 15.6 Å². The third-order valence-corrected chi connectivity index (χ3v) is 6.06. The van der Waals surface area contributed by atoms with E-state index in [0.717, 1.165) is 10.6 Å². The molecule has 5 nitrogen and oxygen atoms in total. The molecule has 0 spiro atoms. The van der Waals surface area contributed by atoms with Crippen molar-refractivity contribution in [1.29, 1.82) is 0 Å². The summed E-state index contributed by atoms with van der Waals surface area (Å²) >= 11 is 1.51. The Hall–Kier alpha value is -1.44. The van der Waals surface area contributed by atoms with Gasteiger partial charge in [0.05, 0.1) is 29.8 Å². The maximum absolute atomic E-state index is 12.6. The lowest BCUT2D eigenvalue weighted by Crippen LogP contribution is -2.35. The van der Waals surface area contributed by atoms with Gasteiger partial charge in [-0.1, -0.05) is 0 Å². The zero-order chi connectivity index (χ0) is 14.2. The van der Waals surface area contributed by atoms with Crippen LogP contribution in [0, 0.1) is 0 Å². The molecule has 2 heterocycles. The van der Waals surface area contributed by atoms with E-state index in [2.05, 4.69) is 4.98 Å². The largest absolute Gasteiger partial charge is 0.497 e. The number of thiazole rings is 1. The van der Waals surface area contributed by atoms with Crippen molar-refractivity contribution in [3.8, 4) is 5.75 Å². The van der Waals surface area contributed by atoms with Crippen LogP contribution >= 0.6 is 11.3 Å². The maximum Gasteiger partial charge on any atom is 0.243 e. The number of ether oxygens (including phenoxy) is 1. The lowest BCUT2D eigenvalue weighted by atomic mass is 10.2. The highest BCUT2D eigenvalue weighted by Gasteiger charge is 2.29. The summed E-state index contributed by atoms with van der Waals surface area (Å²) in [5, 5.41) is 0. The normalized spacial score (nSPS) is 15.8. The van der Waals surface area contributed by atoms with Crippen molar-refractivity contribution in [3.63, 3.8) is 0 Å². The van der Waals surface area contributed by atoms with Gasteiger partial charge in [0, 0.05) is 17.8 Å². The second-order valence-electron chi connectivity index (χ2n) is 4.49. The predicted octanol–water partition coefficient (Wildman–Crippen LogP) is 1.90. The van der Waals surface area contributed by atoms with Crippen molar-refractivity contribution in [2.75, 3.05) is 13.7 Å². The molecule has 0 fully saturated rings. The summed E-state index contributed by atoms with van der Waals surface area (Å²) in [6.07, 6.45) is 0.675. The van der Waals surface area contributed by atoms with Crippen molar-refractivity contribution >= 4 is 21.4 Å². The molecule has 20 heavy (non-hydrogen) atoms. The highest BCUT2D eigenvalue weighted by molar-refractivity contribution is 7.89. The Balaban J connectivity index is 1.88. The number of aromatic nitrogens is 1. The standard InChI is InChI=1S/C13H14N2O3S2/c1-18-10-2-4-11(5-3-10)20(16,17)15-7-6-12-13(8-15)19-9-14-12/h2-5,9H,6-8H2,1H3. The van der Waals surface area contributed by atoms with E-state index in [0.29, 0.717) is 30.2 Å². The molecule has 0 saturated heterocycles. The molecule has 0 bridgehead atoms. The van der Waals surface area contributed by atoms with E-state index in [9.17, 15) is 8.42 Å². The molecule has 0 radical (unpaired) electrons. The molecular weight excluding hydrogens is 296 g/mol. The van der Waals surface area contributed by atoms with Gasteiger partial charge in [0.1, 0.15) is 5.75 Å². The second-order valence-corrected chi connectivity index (χ2v) is 7.36. The summed E-state index contributed by atoms with van der Waals surface area (Å²) in [7, 11) is -1.90. The number of sulfonamides is 1. The molecule has 0 aliphatic carbocycles. The van der Waals surface area contributed by atoms with E-state index in [-0.39, 0.29) is 0 Å². The third-order valence-electron chi connectivity index (χ3n) is 3.34. The lowest BCUT2D eigenvalue weighted by Gasteiger charge is -2.25. The quantitative estimate of drug-likeness (QED) is 0.869. The average molecular weight is 310 g/mol. The van der Waals surface area contributed by atoms with Crippen LogP contribution in [0.25, 0.3) is 0 Å². The Kier molecular flexibility index (Phi) is 3.49. The zero-order valence-corrected chi connectivity index (χ0v) is 12.6. The number of hydrogen-bond donors (Lipinski definition) is 0. The van der Waals surface area contributed by atoms with E-state index in [4.69, 9.17) is 4.74 Å². The number of nitrogens with zero attached hydrogens (tertiary/aromatic N) is 2. The molecule has 2 aromatic rings. The first-order valence-electron chi connectivity index (χ1n) is 6.16. The fourth-order valence-corrected chi connectivity index (χ4v) is 4.52. The molecule has 1 aliphatic rings. The molecule has 0 atom stereocenters. The maximum atomic E-state index is 12.6. The Morgan fingerprint density at radius 2 is 2.05 bits per heavy atom. The van der Waals surface area contributed by atoms with Crippen LogP contribution in [0.1, 0.15) is 10.6 Å². The summed E-state index contributed by atoms with van der Waals surface area (Å²) in [5.41, 5.74) is 2.80. The fourth-order valence-electron chi connectivity index (χ4n) is 2.20. The van der Waals surface area contributed by atoms with Crippen molar-refractivity contribution in [3.05, 3.63) is 40.3 Å². The first-order chi connectivity index (χ1) is 9.61. The second kappa shape index (κ2) is 5.16. The van der Waals surface area contributed by atoms with Crippen molar-refractivity contribution in [2.24, 2.45) is 0 Å². The van der Waals surface area contributed by atoms with Crippen LogP contribution in [0.3, 0.4) is 0 Å². The first-order valence-corrected chi connectivity index (χ1v) is 8.48. The smallest absolute Gasteiger partial charge is 0.243 e. The molecule has 1 aromatic carbocycles. The van der Waals surface area contributed by atoms with Gasteiger partial charge in [0.2, 0.25) is 10.0 Å². The topological polar surface area (TPSA) is 59.5 Å². The van der Waals surface area contributed by atoms with Crippen LogP contribution in [0.4, 0.5) is 0 Å².